The standard InChI is InChI=1S/C12H13NO4S3/c1-2-8-3-4-18-11(8)6-13-20(16,17)9-5-10(12(14)15)19-7-9/h3-5,7,13H,2,6H2,1H3,(H,14,15). The van der Waals surface area contributed by atoms with Gasteiger partial charge in [0.1, 0.15) is 4.88 Å². The molecule has 2 aromatic heterocycles. The summed E-state index contributed by atoms with van der Waals surface area (Å²) in [5.74, 6) is -1.12. The van der Waals surface area contributed by atoms with Crippen LogP contribution in [0.1, 0.15) is 27.0 Å². The second-order valence-electron chi connectivity index (χ2n) is 4.00. The van der Waals surface area contributed by atoms with Gasteiger partial charge in [0.25, 0.3) is 0 Å². The van der Waals surface area contributed by atoms with Crippen molar-refractivity contribution in [1.29, 1.82) is 0 Å². The molecule has 0 atom stereocenters. The Hall–Kier alpha value is -1.22. The SMILES string of the molecule is CCc1ccsc1CNS(=O)(=O)c1csc(C(=O)O)c1. The topological polar surface area (TPSA) is 83.5 Å². The molecule has 0 aliphatic rings. The Morgan fingerprint density at radius 3 is 2.75 bits per heavy atom. The van der Waals surface area contributed by atoms with Crippen LogP contribution in [-0.4, -0.2) is 19.5 Å². The molecule has 20 heavy (non-hydrogen) atoms. The first-order valence-corrected chi connectivity index (χ1v) is 9.05. The number of aryl methyl sites for hydroxylation is 1. The molecule has 108 valence electrons. The van der Waals surface area contributed by atoms with E-state index < -0.39 is 16.0 Å². The maximum absolute atomic E-state index is 12.1. The molecule has 0 saturated carbocycles. The summed E-state index contributed by atoms with van der Waals surface area (Å²) in [4.78, 5) is 11.7. The van der Waals surface area contributed by atoms with Gasteiger partial charge in [0, 0.05) is 16.8 Å². The van der Waals surface area contributed by atoms with Gasteiger partial charge in [-0.1, -0.05) is 6.92 Å². The molecule has 5 nitrogen and oxygen atoms in total. The van der Waals surface area contributed by atoms with E-state index in [1.165, 1.54) is 22.8 Å². The largest absolute Gasteiger partial charge is 0.477 e. The van der Waals surface area contributed by atoms with Gasteiger partial charge < -0.3 is 5.11 Å². The molecular formula is C12H13NO4S3. The minimum absolute atomic E-state index is 0.00509. The fraction of sp³-hybridized carbons (Fsp3) is 0.250. The molecule has 2 rings (SSSR count). The minimum atomic E-state index is -3.67. The number of hydrogen-bond acceptors (Lipinski definition) is 5. The van der Waals surface area contributed by atoms with Gasteiger partial charge in [-0.05, 0) is 29.5 Å². The van der Waals surface area contributed by atoms with Crippen LogP contribution in [0.2, 0.25) is 0 Å². The van der Waals surface area contributed by atoms with Gasteiger partial charge in [-0.25, -0.2) is 17.9 Å². The Morgan fingerprint density at radius 2 is 2.15 bits per heavy atom. The molecule has 0 amide bonds. The van der Waals surface area contributed by atoms with Crippen LogP contribution in [-0.2, 0) is 23.0 Å². The van der Waals surface area contributed by atoms with Gasteiger partial charge in [0.15, 0.2) is 0 Å². The highest BCUT2D eigenvalue weighted by Gasteiger charge is 2.18. The summed E-state index contributed by atoms with van der Waals surface area (Å²) in [5, 5.41) is 12.1. The van der Waals surface area contributed by atoms with E-state index in [0.29, 0.717) is 0 Å². The number of hydrogen-bond donors (Lipinski definition) is 2. The van der Waals surface area contributed by atoms with Crippen molar-refractivity contribution in [1.82, 2.24) is 4.72 Å². The van der Waals surface area contributed by atoms with E-state index in [9.17, 15) is 13.2 Å². The highest BCUT2D eigenvalue weighted by molar-refractivity contribution is 7.89. The Morgan fingerprint density at radius 1 is 1.40 bits per heavy atom. The van der Waals surface area contributed by atoms with Crippen molar-refractivity contribution in [2.45, 2.75) is 24.8 Å². The van der Waals surface area contributed by atoms with Gasteiger partial charge in [-0.2, -0.15) is 0 Å². The number of aromatic carboxylic acids is 1. The first-order valence-electron chi connectivity index (χ1n) is 5.80. The van der Waals surface area contributed by atoms with Gasteiger partial charge in [-0.15, -0.1) is 22.7 Å². The van der Waals surface area contributed by atoms with Crippen molar-refractivity contribution < 1.29 is 18.3 Å². The molecule has 0 fully saturated rings. The van der Waals surface area contributed by atoms with Crippen molar-refractivity contribution in [2.24, 2.45) is 0 Å². The summed E-state index contributed by atoms with van der Waals surface area (Å²) in [5.41, 5.74) is 1.12. The van der Waals surface area contributed by atoms with Crippen LogP contribution in [0.15, 0.2) is 27.8 Å². The fourth-order valence-electron chi connectivity index (χ4n) is 1.65. The van der Waals surface area contributed by atoms with Gasteiger partial charge >= 0.3 is 5.97 Å². The molecule has 0 bridgehead atoms. The normalized spacial score (nSPS) is 11.7. The summed E-state index contributed by atoms with van der Waals surface area (Å²) < 4.78 is 26.6. The van der Waals surface area contributed by atoms with E-state index in [0.717, 1.165) is 28.2 Å². The van der Waals surface area contributed by atoms with E-state index in [2.05, 4.69) is 4.72 Å². The number of carboxylic acids is 1. The molecule has 2 N–H and O–H groups in total. The average Bonchev–Trinajstić information content (AvgIpc) is 3.05. The second-order valence-corrected chi connectivity index (χ2v) is 7.68. The molecule has 8 heteroatoms. The van der Waals surface area contributed by atoms with E-state index in [1.807, 2.05) is 18.4 Å². The zero-order chi connectivity index (χ0) is 14.8. The van der Waals surface area contributed by atoms with E-state index >= 15 is 0 Å². The lowest BCUT2D eigenvalue weighted by atomic mass is 10.2. The lowest BCUT2D eigenvalue weighted by Crippen LogP contribution is -2.22. The third-order valence-electron chi connectivity index (χ3n) is 2.74. The van der Waals surface area contributed by atoms with Gasteiger partial charge in [0.05, 0.1) is 4.90 Å². The zero-order valence-corrected chi connectivity index (χ0v) is 13.1. The molecule has 2 aromatic rings. The number of sulfonamides is 1. The summed E-state index contributed by atoms with van der Waals surface area (Å²) in [6.07, 6.45) is 0.849. The van der Waals surface area contributed by atoms with Gasteiger partial charge in [0.2, 0.25) is 10.0 Å². The smallest absolute Gasteiger partial charge is 0.345 e. The van der Waals surface area contributed by atoms with E-state index in [1.54, 1.807) is 0 Å². The first kappa shape index (κ1) is 15.2. The quantitative estimate of drug-likeness (QED) is 0.852. The van der Waals surface area contributed by atoms with Crippen LogP contribution in [0.4, 0.5) is 0 Å². The van der Waals surface area contributed by atoms with Crippen molar-refractivity contribution in [2.75, 3.05) is 0 Å². The lowest BCUT2D eigenvalue weighted by molar-refractivity contribution is 0.0702. The zero-order valence-electron chi connectivity index (χ0n) is 10.6. The number of carbonyl (C=O) groups is 1. The number of nitrogens with one attached hydrogen (secondary N) is 1. The summed E-state index contributed by atoms with van der Waals surface area (Å²) >= 11 is 2.40. The fourth-order valence-corrected chi connectivity index (χ4v) is 4.77. The molecule has 0 aliphatic carbocycles. The van der Waals surface area contributed by atoms with Crippen molar-refractivity contribution in [3.8, 4) is 0 Å². The molecule has 0 spiro atoms. The van der Waals surface area contributed by atoms with Crippen LogP contribution in [0, 0.1) is 0 Å². The number of carboxylic acid groups (broad SMARTS) is 1. The molecular weight excluding hydrogens is 318 g/mol. The Balaban J connectivity index is 2.13. The summed E-state index contributed by atoms with van der Waals surface area (Å²) in [7, 11) is -3.67. The Kier molecular flexibility index (Phi) is 4.59. The highest BCUT2D eigenvalue weighted by atomic mass is 32.2. The second kappa shape index (κ2) is 6.04. The molecule has 2 heterocycles. The van der Waals surface area contributed by atoms with Crippen LogP contribution in [0.5, 0.6) is 0 Å². The van der Waals surface area contributed by atoms with Crippen molar-refractivity contribution in [3.63, 3.8) is 0 Å². The highest BCUT2D eigenvalue weighted by Crippen LogP contribution is 2.21. The van der Waals surface area contributed by atoms with Crippen LogP contribution < -0.4 is 4.72 Å². The third kappa shape index (κ3) is 3.26. The first-order chi connectivity index (χ1) is 9.44. The van der Waals surface area contributed by atoms with Crippen LogP contribution >= 0.6 is 22.7 Å². The van der Waals surface area contributed by atoms with Crippen molar-refractivity contribution in [3.05, 3.63) is 38.2 Å². The predicted molar refractivity (Wildman–Crippen MR) is 79.0 cm³/mol. The summed E-state index contributed by atoms with van der Waals surface area (Å²) in [6, 6.07) is 3.14. The molecule has 0 radical (unpaired) electrons. The molecule has 0 saturated heterocycles. The maximum Gasteiger partial charge on any atom is 0.345 e. The molecule has 0 aromatic carbocycles. The Labute approximate surface area is 124 Å². The predicted octanol–water partition coefficient (Wildman–Crippen LogP) is 2.55. The Bertz CT molecular complexity index is 715. The monoisotopic (exact) mass is 331 g/mol. The molecule has 0 aliphatic heterocycles. The summed E-state index contributed by atoms with van der Waals surface area (Å²) in [6.45, 7) is 2.24. The minimum Gasteiger partial charge on any atom is -0.477 e. The molecule has 0 unspecified atom stereocenters. The number of thiophene rings is 2. The van der Waals surface area contributed by atoms with Gasteiger partial charge in [-0.3, -0.25) is 0 Å². The van der Waals surface area contributed by atoms with Crippen molar-refractivity contribution >= 4 is 38.7 Å². The third-order valence-corrected chi connectivity index (χ3v) is 6.15. The maximum atomic E-state index is 12.1. The lowest BCUT2D eigenvalue weighted by Gasteiger charge is -2.05. The van der Waals surface area contributed by atoms with Crippen LogP contribution in [0.25, 0.3) is 0 Å². The van der Waals surface area contributed by atoms with Crippen LogP contribution in [0.3, 0.4) is 0 Å². The van der Waals surface area contributed by atoms with E-state index in [-0.39, 0.29) is 16.3 Å². The average molecular weight is 331 g/mol. The van der Waals surface area contributed by atoms with E-state index in [4.69, 9.17) is 5.11 Å². The number of rotatable bonds is 6.